The Hall–Kier alpha value is -5.67. The first-order valence-electron chi connectivity index (χ1n) is 10.3. The molecular formula is C21H17N9O7. The highest BCUT2D eigenvalue weighted by molar-refractivity contribution is 5.99. The minimum atomic E-state index is -0.789. The summed E-state index contributed by atoms with van der Waals surface area (Å²) < 4.78 is 16.1. The van der Waals surface area contributed by atoms with Crippen molar-refractivity contribution in [2.75, 3.05) is 12.8 Å². The zero-order valence-electron chi connectivity index (χ0n) is 19.2. The summed E-state index contributed by atoms with van der Waals surface area (Å²) in [6.45, 7) is 1.23. The van der Waals surface area contributed by atoms with E-state index in [-0.39, 0.29) is 40.2 Å². The van der Waals surface area contributed by atoms with Gasteiger partial charge in [-0.15, -0.1) is 5.10 Å². The van der Waals surface area contributed by atoms with Crippen LogP contribution in [0.15, 0.2) is 52.2 Å². The Balaban J connectivity index is 1.68. The van der Waals surface area contributed by atoms with Crippen molar-refractivity contribution in [3.63, 3.8) is 0 Å². The molecule has 0 aliphatic heterocycles. The molecule has 2 heterocycles. The minimum absolute atomic E-state index is 0.0502. The van der Waals surface area contributed by atoms with Gasteiger partial charge in [0.25, 0.3) is 11.6 Å². The summed E-state index contributed by atoms with van der Waals surface area (Å²) in [6.07, 6.45) is 1.24. The molecule has 2 aromatic carbocycles. The van der Waals surface area contributed by atoms with E-state index in [1.165, 1.54) is 44.5 Å². The molecule has 1 amide bonds. The normalized spacial score (nSPS) is 10.9. The van der Waals surface area contributed by atoms with Crippen LogP contribution in [0.5, 0.6) is 11.5 Å². The third-order valence-electron chi connectivity index (χ3n) is 4.78. The highest BCUT2D eigenvalue weighted by Crippen LogP contribution is 2.30. The van der Waals surface area contributed by atoms with Gasteiger partial charge < -0.3 is 15.2 Å². The average molecular weight is 507 g/mol. The van der Waals surface area contributed by atoms with E-state index in [1.54, 1.807) is 18.2 Å². The molecule has 0 bridgehead atoms. The molecule has 0 aliphatic rings. The van der Waals surface area contributed by atoms with Crippen molar-refractivity contribution >= 4 is 29.6 Å². The highest BCUT2D eigenvalue weighted by Gasteiger charge is 2.25. The van der Waals surface area contributed by atoms with Gasteiger partial charge in [-0.05, 0) is 34.6 Å². The number of nitro benzene ring substituents is 1. The quantitative estimate of drug-likeness (QED) is 0.114. The molecule has 0 fully saturated rings. The van der Waals surface area contributed by atoms with Crippen molar-refractivity contribution in [3.05, 3.63) is 63.8 Å². The van der Waals surface area contributed by atoms with Crippen molar-refractivity contribution in [3.8, 4) is 28.6 Å². The van der Waals surface area contributed by atoms with Gasteiger partial charge in [0, 0.05) is 30.2 Å². The first-order chi connectivity index (χ1) is 17.8. The van der Waals surface area contributed by atoms with Crippen LogP contribution in [0.1, 0.15) is 23.0 Å². The predicted molar refractivity (Wildman–Crippen MR) is 125 cm³/mol. The largest absolute Gasteiger partial charge is 0.493 e. The van der Waals surface area contributed by atoms with Crippen LogP contribution in [0.4, 0.5) is 11.5 Å². The maximum atomic E-state index is 13.0. The number of nitrogens with one attached hydrogen (secondary N) is 1. The van der Waals surface area contributed by atoms with E-state index in [9.17, 15) is 19.7 Å². The second-order valence-electron chi connectivity index (χ2n) is 7.15. The number of hydrazone groups is 1. The number of aromatic nitrogens is 5. The monoisotopic (exact) mass is 507 g/mol. The Morgan fingerprint density at radius 1 is 1.22 bits per heavy atom. The van der Waals surface area contributed by atoms with E-state index in [2.05, 4.69) is 35.8 Å². The number of methoxy groups -OCH3 is 1. The first-order valence-corrected chi connectivity index (χ1v) is 10.3. The summed E-state index contributed by atoms with van der Waals surface area (Å²) in [5.41, 5.74) is 8.47. The number of nitrogen functional groups attached to an aromatic ring is 1. The third-order valence-corrected chi connectivity index (χ3v) is 4.78. The zero-order valence-corrected chi connectivity index (χ0v) is 19.2. The molecule has 0 radical (unpaired) electrons. The van der Waals surface area contributed by atoms with Crippen LogP contribution < -0.4 is 20.6 Å². The van der Waals surface area contributed by atoms with Crippen LogP contribution in [0.2, 0.25) is 0 Å². The van der Waals surface area contributed by atoms with Crippen LogP contribution in [0.3, 0.4) is 0 Å². The lowest BCUT2D eigenvalue weighted by atomic mass is 10.1. The van der Waals surface area contributed by atoms with Gasteiger partial charge >= 0.3 is 5.97 Å². The lowest BCUT2D eigenvalue weighted by Crippen LogP contribution is -2.19. The van der Waals surface area contributed by atoms with Gasteiger partial charge in [-0.25, -0.2) is 10.1 Å². The molecule has 16 heteroatoms. The number of anilines is 1. The standard InChI is InChI=1S/C21H17N9O7/c1-11(31)36-18-13(4-3-5-15(18)35-2)10-23-25-21(32)16-17(12-6-8-14(9-7-12)30(33)34)29(28-24-16)20-19(22)26-37-27-20/h3-10H,1-2H3,(H2,22,26)(H,25,32). The van der Waals surface area contributed by atoms with E-state index in [4.69, 9.17) is 15.2 Å². The van der Waals surface area contributed by atoms with E-state index >= 15 is 0 Å². The molecule has 0 saturated heterocycles. The van der Waals surface area contributed by atoms with E-state index in [0.717, 1.165) is 4.68 Å². The number of benzene rings is 2. The van der Waals surface area contributed by atoms with Gasteiger partial charge in [-0.3, -0.25) is 19.7 Å². The summed E-state index contributed by atoms with van der Waals surface area (Å²) in [6, 6.07) is 10.1. The van der Waals surface area contributed by atoms with Crippen molar-refractivity contribution < 1.29 is 28.6 Å². The van der Waals surface area contributed by atoms with Crippen LogP contribution in [0, 0.1) is 10.1 Å². The predicted octanol–water partition coefficient (Wildman–Crippen LogP) is 1.51. The maximum absolute atomic E-state index is 13.0. The second-order valence-corrected chi connectivity index (χ2v) is 7.15. The molecule has 0 aliphatic carbocycles. The number of non-ortho nitro benzene ring substituents is 1. The summed E-state index contributed by atoms with van der Waals surface area (Å²) >= 11 is 0. The topological polar surface area (TPSA) is 216 Å². The van der Waals surface area contributed by atoms with E-state index in [0.29, 0.717) is 11.1 Å². The third kappa shape index (κ3) is 5.06. The first kappa shape index (κ1) is 24.5. The number of esters is 1. The van der Waals surface area contributed by atoms with Crippen LogP contribution >= 0.6 is 0 Å². The molecule has 4 aromatic rings. The maximum Gasteiger partial charge on any atom is 0.308 e. The smallest absolute Gasteiger partial charge is 0.308 e. The van der Waals surface area contributed by atoms with Gasteiger partial charge in [-0.1, -0.05) is 11.3 Å². The fourth-order valence-electron chi connectivity index (χ4n) is 3.18. The van der Waals surface area contributed by atoms with Crippen molar-refractivity contribution in [2.24, 2.45) is 5.10 Å². The SMILES string of the molecule is COc1cccc(C=NNC(=O)c2nnn(-c3nonc3N)c2-c2ccc([N+](=O)[O-])cc2)c1OC(C)=O. The molecule has 0 unspecified atom stereocenters. The number of nitrogens with two attached hydrogens (primary N) is 1. The van der Waals surface area contributed by atoms with Crippen molar-refractivity contribution in [1.29, 1.82) is 0 Å². The Morgan fingerprint density at radius 2 is 1.97 bits per heavy atom. The van der Waals surface area contributed by atoms with Gasteiger partial charge in [0.05, 0.1) is 18.2 Å². The summed E-state index contributed by atoms with van der Waals surface area (Å²) in [7, 11) is 1.41. The van der Waals surface area contributed by atoms with Crippen LogP contribution in [-0.2, 0) is 4.79 Å². The molecule has 0 spiro atoms. The lowest BCUT2D eigenvalue weighted by molar-refractivity contribution is -0.384. The molecule has 37 heavy (non-hydrogen) atoms. The molecule has 0 saturated carbocycles. The summed E-state index contributed by atoms with van der Waals surface area (Å²) in [5, 5.41) is 29.9. The summed E-state index contributed by atoms with van der Waals surface area (Å²) in [5.74, 6) is -1.15. The molecule has 188 valence electrons. The molecule has 16 nitrogen and oxygen atoms in total. The number of para-hydroxylation sites is 1. The average Bonchev–Trinajstić information content (AvgIpc) is 3.50. The van der Waals surface area contributed by atoms with Gasteiger partial charge in [0.1, 0.15) is 5.69 Å². The lowest BCUT2D eigenvalue weighted by Gasteiger charge is -2.10. The number of hydrogen-bond donors (Lipinski definition) is 2. The van der Waals surface area contributed by atoms with Gasteiger partial charge in [0.2, 0.25) is 11.6 Å². The number of carbonyl (C=O) groups is 2. The molecular weight excluding hydrogens is 490 g/mol. The molecule has 2 aromatic heterocycles. The molecule has 0 atom stereocenters. The number of hydrogen-bond acceptors (Lipinski definition) is 13. The van der Waals surface area contributed by atoms with Gasteiger partial charge in [-0.2, -0.15) is 9.78 Å². The number of ether oxygens (including phenoxy) is 2. The fourth-order valence-corrected chi connectivity index (χ4v) is 3.18. The minimum Gasteiger partial charge on any atom is -0.493 e. The number of carbonyl (C=O) groups excluding carboxylic acids is 2. The Labute approximate surface area is 206 Å². The molecule has 4 rings (SSSR count). The fraction of sp³-hybridized carbons (Fsp3) is 0.0952. The van der Waals surface area contributed by atoms with Crippen LogP contribution in [0.25, 0.3) is 17.1 Å². The highest BCUT2D eigenvalue weighted by atomic mass is 16.6. The number of nitrogens with zero attached hydrogens (tertiary/aromatic N) is 7. The van der Waals surface area contributed by atoms with Crippen molar-refractivity contribution in [2.45, 2.75) is 6.92 Å². The van der Waals surface area contributed by atoms with Crippen LogP contribution in [-0.4, -0.2) is 55.4 Å². The summed E-state index contributed by atoms with van der Waals surface area (Å²) in [4.78, 5) is 35.0. The zero-order chi connectivity index (χ0) is 26.5. The number of amides is 1. The van der Waals surface area contributed by atoms with E-state index in [1.807, 2.05) is 0 Å². The Morgan fingerprint density at radius 3 is 2.59 bits per heavy atom. The Kier molecular flexibility index (Phi) is 6.81. The van der Waals surface area contributed by atoms with Crippen molar-refractivity contribution in [1.82, 2.24) is 30.7 Å². The number of rotatable bonds is 8. The molecule has 3 N–H and O–H groups in total. The second kappa shape index (κ2) is 10.3. The van der Waals surface area contributed by atoms with Gasteiger partial charge in [0.15, 0.2) is 17.2 Å². The number of nitro groups is 1. The Bertz CT molecular complexity index is 1510. The van der Waals surface area contributed by atoms with E-state index < -0.39 is 16.8 Å².